The van der Waals surface area contributed by atoms with Crippen molar-refractivity contribution in [3.8, 4) is 6.07 Å². The van der Waals surface area contributed by atoms with Gasteiger partial charge < -0.3 is 10.4 Å². The Bertz CT molecular complexity index is 711. The minimum absolute atomic E-state index is 0.0483. The number of amides is 1. The van der Waals surface area contributed by atoms with E-state index < -0.39 is 28.9 Å². The highest BCUT2D eigenvalue weighted by atomic mass is 19.4. The lowest BCUT2D eigenvalue weighted by Crippen LogP contribution is -2.59. The first-order chi connectivity index (χ1) is 11.4. The van der Waals surface area contributed by atoms with Crippen LogP contribution in [0.3, 0.4) is 0 Å². The molecule has 1 aliphatic rings. The predicted molar refractivity (Wildman–Crippen MR) is 84.9 cm³/mol. The summed E-state index contributed by atoms with van der Waals surface area (Å²) in [6.45, 7) is 5.63. The van der Waals surface area contributed by atoms with Crippen LogP contribution in [0.2, 0.25) is 0 Å². The molecule has 0 saturated carbocycles. The third kappa shape index (κ3) is 3.42. The fraction of sp³-hybridized carbons (Fsp3) is 0.529. The highest BCUT2D eigenvalue weighted by molar-refractivity contribution is 5.69. The van der Waals surface area contributed by atoms with Gasteiger partial charge in [0.25, 0.3) is 0 Å². The van der Waals surface area contributed by atoms with Gasteiger partial charge in [0.2, 0.25) is 0 Å². The zero-order valence-corrected chi connectivity index (χ0v) is 14.2. The molecular formula is C17H20F3N3O2. The Kier molecular flexibility index (Phi) is 4.75. The van der Waals surface area contributed by atoms with Crippen molar-refractivity contribution in [2.75, 3.05) is 13.1 Å². The molecule has 1 aromatic rings. The van der Waals surface area contributed by atoms with E-state index in [0.717, 1.165) is 23.1 Å². The molecule has 2 N–H and O–H groups in total. The van der Waals surface area contributed by atoms with Crippen LogP contribution in [0.25, 0.3) is 0 Å². The van der Waals surface area contributed by atoms with Gasteiger partial charge in [-0.15, -0.1) is 0 Å². The van der Waals surface area contributed by atoms with Crippen molar-refractivity contribution in [2.24, 2.45) is 0 Å². The number of rotatable bonds is 2. The number of carbonyl (C=O) groups is 1. The second-order valence-electron chi connectivity index (χ2n) is 7.12. The number of hydrogen-bond acceptors (Lipinski definition) is 3. The summed E-state index contributed by atoms with van der Waals surface area (Å²) in [5.41, 5.74) is -2.86. The highest BCUT2D eigenvalue weighted by Crippen LogP contribution is 2.42. The van der Waals surface area contributed by atoms with Crippen LogP contribution in [0, 0.1) is 11.3 Å². The molecule has 25 heavy (non-hydrogen) atoms. The van der Waals surface area contributed by atoms with Crippen LogP contribution in [0.5, 0.6) is 0 Å². The molecule has 1 saturated heterocycles. The topological polar surface area (TPSA) is 76.4 Å². The van der Waals surface area contributed by atoms with Crippen LogP contribution in [-0.2, 0) is 11.7 Å². The number of carboxylic acid groups (broad SMARTS) is 1. The third-order valence-corrected chi connectivity index (χ3v) is 4.39. The van der Waals surface area contributed by atoms with Gasteiger partial charge in [-0.25, -0.2) is 4.79 Å². The van der Waals surface area contributed by atoms with Crippen molar-refractivity contribution in [1.82, 2.24) is 10.2 Å². The van der Waals surface area contributed by atoms with Gasteiger partial charge in [0.05, 0.1) is 22.7 Å². The normalized spacial score (nSPS) is 21.0. The molecule has 1 amide bonds. The number of alkyl halides is 3. The minimum Gasteiger partial charge on any atom is -0.465 e. The quantitative estimate of drug-likeness (QED) is 0.851. The molecule has 0 aromatic heterocycles. The third-order valence-electron chi connectivity index (χ3n) is 4.39. The molecule has 1 aromatic carbocycles. The summed E-state index contributed by atoms with van der Waals surface area (Å²) in [5.74, 6) is 0. The summed E-state index contributed by atoms with van der Waals surface area (Å²) in [7, 11) is 0. The van der Waals surface area contributed by atoms with E-state index in [1.54, 1.807) is 20.8 Å². The van der Waals surface area contributed by atoms with Crippen molar-refractivity contribution in [2.45, 2.75) is 44.4 Å². The second kappa shape index (κ2) is 6.23. The predicted octanol–water partition coefficient (Wildman–Crippen LogP) is 3.54. The number of nitriles is 1. The molecule has 8 heteroatoms. The first kappa shape index (κ1) is 19.1. The van der Waals surface area contributed by atoms with E-state index in [2.05, 4.69) is 5.32 Å². The second-order valence-corrected chi connectivity index (χ2v) is 7.12. The summed E-state index contributed by atoms with van der Waals surface area (Å²) in [4.78, 5) is 13.1. The van der Waals surface area contributed by atoms with Gasteiger partial charge in [0, 0.05) is 12.1 Å². The van der Waals surface area contributed by atoms with Crippen LogP contribution < -0.4 is 5.32 Å². The molecule has 1 atom stereocenters. The van der Waals surface area contributed by atoms with E-state index in [9.17, 15) is 28.3 Å². The molecule has 1 aliphatic heterocycles. The summed E-state index contributed by atoms with van der Waals surface area (Å²) in [6.07, 6.45) is -5.53. The summed E-state index contributed by atoms with van der Waals surface area (Å²) < 4.78 is 39.5. The zero-order valence-electron chi connectivity index (χ0n) is 14.2. The lowest BCUT2D eigenvalue weighted by molar-refractivity contribution is -0.137. The van der Waals surface area contributed by atoms with E-state index in [4.69, 9.17) is 0 Å². The standard InChI is InChI=1S/C17H20F3N3O2/c1-15(2,3)23(14(24)25)16(6-7-22-10-16)13-8-12(17(18,19)20)5-4-11(13)9-21/h4-5,8,22H,6-7,10H2,1-3H3,(H,24,25)/t16-/m1/s1. The molecule has 0 spiro atoms. The Hall–Kier alpha value is -2.27. The van der Waals surface area contributed by atoms with Crippen LogP contribution in [0.4, 0.5) is 18.0 Å². The maximum atomic E-state index is 13.2. The number of halogens is 3. The first-order valence-electron chi connectivity index (χ1n) is 7.79. The maximum absolute atomic E-state index is 13.2. The molecular weight excluding hydrogens is 335 g/mol. The van der Waals surface area contributed by atoms with Crippen LogP contribution in [-0.4, -0.2) is 34.7 Å². The molecule has 2 rings (SSSR count). The minimum atomic E-state index is -4.58. The first-order valence-corrected chi connectivity index (χ1v) is 7.79. The number of hydrogen-bond donors (Lipinski definition) is 2. The molecule has 5 nitrogen and oxygen atoms in total. The average Bonchev–Trinajstić information content (AvgIpc) is 2.93. The van der Waals surface area contributed by atoms with Crippen molar-refractivity contribution >= 4 is 6.09 Å². The summed E-state index contributed by atoms with van der Waals surface area (Å²) in [6, 6.07) is 4.78. The Morgan fingerprint density at radius 3 is 2.40 bits per heavy atom. The molecule has 1 fully saturated rings. The van der Waals surface area contributed by atoms with Gasteiger partial charge >= 0.3 is 12.3 Å². The van der Waals surface area contributed by atoms with Gasteiger partial charge in [-0.2, -0.15) is 18.4 Å². The maximum Gasteiger partial charge on any atom is 0.416 e. The van der Waals surface area contributed by atoms with E-state index >= 15 is 0 Å². The van der Waals surface area contributed by atoms with Gasteiger partial charge in [0.1, 0.15) is 0 Å². The van der Waals surface area contributed by atoms with Gasteiger partial charge in [-0.1, -0.05) is 0 Å². The lowest BCUT2D eigenvalue weighted by atomic mass is 9.80. The fourth-order valence-electron chi connectivity index (χ4n) is 3.54. The van der Waals surface area contributed by atoms with Crippen LogP contribution in [0.15, 0.2) is 18.2 Å². The van der Waals surface area contributed by atoms with Gasteiger partial charge in [-0.3, -0.25) is 4.90 Å². The average molecular weight is 355 g/mol. The highest BCUT2D eigenvalue weighted by Gasteiger charge is 2.50. The van der Waals surface area contributed by atoms with E-state index in [-0.39, 0.29) is 24.1 Å². The Morgan fingerprint density at radius 1 is 1.36 bits per heavy atom. The van der Waals surface area contributed by atoms with Crippen molar-refractivity contribution in [1.29, 1.82) is 5.26 Å². The van der Waals surface area contributed by atoms with E-state index in [1.807, 2.05) is 6.07 Å². The fourth-order valence-corrected chi connectivity index (χ4v) is 3.54. The molecule has 1 heterocycles. The Balaban J connectivity index is 2.77. The number of benzene rings is 1. The van der Waals surface area contributed by atoms with E-state index in [0.29, 0.717) is 6.54 Å². The molecule has 0 radical (unpaired) electrons. The summed E-state index contributed by atoms with van der Waals surface area (Å²) >= 11 is 0. The Morgan fingerprint density at radius 2 is 2.00 bits per heavy atom. The van der Waals surface area contributed by atoms with Crippen LogP contribution in [0.1, 0.15) is 43.9 Å². The summed E-state index contributed by atoms with van der Waals surface area (Å²) in [5, 5.41) is 22.2. The number of nitrogens with zero attached hydrogens (tertiary/aromatic N) is 2. The molecule has 0 aliphatic carbocycles. The monoisotopic (exact) mass is 355 g/mol. The largest absolute Gasteiger partial charge is 0.465 e. The smallest absolute Gasteiger partial charge is 0.416 e. The van der Waals surface area contributed by atoms with Crippen molar-refractivity contribution in [3.05, 3.63) is 34.9 Å². The van der Waals surface area contributed by atoms with Crippen molar-refractivity contribution < 1.29 is 23.1 Å². The SMILES string of the molecule is CC(C)(C)N(C(=O)O)[C@]1(c2cc(C(F)(F)F)ccc2C#N)CCNC1. The van der Waals surface area contributed by atoms with E-state index in [1.165, 1.54) is 0 Å². The molecule has 136 valence electrons. The molecule has 0 unspecified atom stereocenters. The van der Waals surface area contributed by atoms with Crippen LogP contribution >= 0.6 is 0 Å². The lowest BCUT2D eigenvalue weighted by Gasteiger charge is -2.47. The Labute approximate surface area is 144 Å². The molecule has 0 bridgehead atoms. The van der Waals surface area contributed by atoms with Gasteiger partial charge in [-0.05, 0) is 57.5 Å². The number of nitrogens with one attached hydrogen (secondary N) is 1. The van der Waals surface area contributed by atoms with Gasteiger partial charge in [0.15, 0.2) is 0 Å². The van der Waals surface area contributed by atoms with Crippen molar-refractivity contribution in [3.63, 3.8) is 0 Å². The zero-order chi connectivity index (χ0) is 19.0.